The van der Waals surface area contributed by atoms with Gasteiger partial charge in [-0.2, -0.15) is 0 Å². The molecule has 0 spiro atoms. The summed E-state index contributed by atoms with van der Waals surface area (Å²) in [5.74, 6) is -0.348. The van der Waals surface area contributed by atoms with Crippen molar-refractivity contribution in [3.8, 4) is 5.75 Å². The molecule has 0 radical (unpaired) electrons. The van der Waals surface area contributed by atoms with E-state index in [2.05, 4.69) is 10.6 Å². The third-order valence-electron chi connectivity index (χ3n) is 4.68. The number of imide groups is 1. The van der Waals surface area contributed by atoms with Crippen LogP contribution in [0.1, 0.15) is 28.8 Å². The summed E-state index contributed by atoms with van der Waals surface area (Å²) in [6.45, 7) is 0.654. The standard InChI is InChI=1S/C16H17N3O5/c20-7-8-5-17-14-10-6-19(11-2-4-13(21)18-15(11)22)16(23)9(10)1-3-12(14)24-8/h1,3,8,11,17,20H,2,4-7H2,(H,18,21,22). The minimum Gasteiger partial charge on any atom is -0.484 e. The minimum atomic E-state index is -0.632. The summed E-state index contributed by atoms with van der Waals surface area (Å²) < 4.78 is 5.69. The quantitative estimate of drug-likeness (QED) is 0.637. The van der Waals surface area contributed by atoms with Gasteiger partial charge < -0.3 is 20.1 Å². The fourth-order valence-electron chi connectivity index (χ4n) is 3.45. The van der Waals surface area contributed by atoms with Gasteiger partial charge in [-0.1, -0.05) is 0 Å². The summed E-state index contributed by atoms with van der Waals surface area (Å²) in [5, 5.41) is 14.7. The van der Waals surface area contributed by atoms with Crippen LogP contribution in [0.4, 0.5) is 5.69 Å². The lowest BCUT2D eigenvalue weighted by Crippen LogP contribution is -2.52. The summed E-state index contributed by atoms with van der Waals surface area (Å²) in [7, 11) is 0. The van der Waals surface area contributed by atoms with E-state index in [0.29, 0.717) is 30.8 Å². The first-order chi connectivity index (χ1) is 11.6. The number of amides is 3. The van der Waals surface area contributed by atoms with Crippen LogP contribution in [0, 0.1) is 0 Å². The number of aliphatic hydroxyl groups is 1. The van der Waals surface area contributed by atoms with E-state index in [9.17, 15) is 19.5 Å². The number of hydrogen-bond donors (Lipinski definition) is 3. The van der Waals surface area contributed by atoms with Crippen molar-refractivity contribution in [2.45, 2.75) is 31.5 Å². The number of benzene rings is 1. The zero-order valence-corrected chi connectivity index (χ0v) is 12.9. The summed E-state index contributed by atoms with van der Waals surface area (Å²) >= 11 is 0. The molecule has 2 unspecified atom stereocenters. The Morgan fingerprint density at radius 2 is 2.12 bits per heavy atom. The molecule has 1 aromatic rings. The number of nitrogens with one attached hydrogen (secondary N) is 2. The van der Waals surface area contributed by atoms with Crippen molar-refractivity contribution in [1.29, 1.82) is 0 Å². The summed E-state index contributed by atoms with van der Waals surface area (Å²) in [6, 6.07) is 2.76. The fraction of sp³-hybridized carbons (Fsp3) is 0.438. The minimum absolute atomic E-state index is 0.0924. The van der Waals surface area contributed by atoms with Crippen LogP contribution in [-0.4, -0.2) is 53.0 Å². The van der Waals surface area contributed by atoms with Crippen molar-refractivity contribution in [2.24, 2.45) is 0 Å². The number of ether oxygens (including phenoxy) is 1. The van der Waals surface area contributed by atoms with Crippen LogP contribution in [-0.2, 0) is 16.1 Å². The Morgan fingerprint density at radius 1 is 1.29 bits per heavy atom. The molecule has 3 aliphatic rings. The molecule has 3 N–H and O–H groups in total. The van der Waals surface area contributed by atoms with Crippen LogP contribution in [0.2, 0.25) is 0 Å². The van der Waals surface area contributed by atoms with Crippen molar-refractivity contribution >= 4 is 23.4 Å². The molecule has 3 heterocycles. The summed E-state index contributed by atoms with van der Waals surface area (Å²) in [5.41, 5.74) is 2.07. The Kier molecular flexibility index (Phi) is 3.42. The van der Waals surface area contributed by atoms with Crippen LogP contribution in [0.15, 0.2) is 12.1 Å². The molecule has 8 nitrogen and oxygen atoms in total. The van der Waals surface area contributed by atoms with E-state index >= 15 is 0 Å². The highest BCUT2D eigenvalue weighted by molar-refractivity contribution is 6.06. The van der Waals surface area contributed by atoms with E-state index in [0.717, 1.165) is 11.3 Å². The fourth-order valence-corrected chi connectivity index (χ4v) is 3.45. The molecule has 1 saturated heterocycles. The lowest BCUT2D eigenvalue weighted by atomic mass is 10.0. The lowest BCUT2D eigenvalue weighted by Gasteiger charge is -2.30. The van der Waals surface area contributed by atoms with Crippen LogP contribution in [0.3, 0.4) is 0 Å². The Morgan fingerprint density at radius 3 is 2.88 bits per heavy atom. The molecule has 24 heavy (non-hydrogen) atoms. The van der Waals surface area contributed by atoms with Crippen LogP contribution < -0.4 is 15.4 Å². The van der Waals surface area contributed by atoms with Gasteiger partial charge in [-0.25, -0.2) is 0 Å². The average molecular weight is 331 g/mol. The maximum absolute atomic E-state index is 12.7. The maximum Gasteiger partial charge on any atom is 0.255 e. The Bertz CT molecular complexity index is 747. The molecule has 0 aromatic heterocycles. The number of piperidine rings is 1. The third kappa shape index (κ3) is 2.22. The number of aliphatic hydroxyl groups excluding tert-OH is 1. The van der Waals surface area contributed by atoms with Gasteiger partial charge in [0.2, 0.25) is 11.8 Å². The molecular formula is C16H17N3O5. The van der Waals surface area contributed by atoms with Gasteiger partial charge in [-0.15, -0.1) is 0 Å². The predicted octanol–water partition coefficient (Wildman–Crippen LogP) is -0.387. The Labute approximate surface area is 137 Å². The highest BCUT2D eigenvalue weighted by atomic mass is 16.5. The molecule has 1 fully saturated rings. The highest BCUT2D eigenvalue weighted by Crippen LogP contribution is 2.40. The first-order valence-corrected chi connectivity index (χ1v) is 7.90. The number of anilines is 1. The smallest absolute Gasteiger partial charge is 0.255 e. The van der Waals surface area contributed by atoms with Gasteiger partial charge in [0, 0.05) is 24.1 Å². The molecular weight excluding hydrogens is 314 g/mol. The van der Waals surface area contributed by atoms with E-state index in [1.54, 1.807) is 12.1 Å². The third-order valence-corrected chi connectivity index (χ3v) is 4.68. The molecule has 0 saturated carbocycles. The second-order valence-electron chi connectivity index (χ2n) is 6.17. The first kappa shape index (κ1) is 14.9. The van der Waals surface area contributed by atoms with Crippen molar-refractivity contribution in [3.05, 3.63) is 23.3 Å². The summed E-state index contributed by atoms with van der Waals surface area (Å²) in [4.78, 5) is 37.6. The topological polar surface area (TPSA) is 108 Å². The number of rotatable bonds is 2. The van der Waals surface area contributed by atoms with Crippen molar-refractivity contribution in [1.82, 2.24) is 10.2 Å². The number of carbonyl (C=O) groups excluding carboxylic acids is 3. The van der Waals surface area contributed by atoms with E-state index in [-0.39, 0.29) is 30.9 Å². The second kappa shape index (κ2) is 5.48. The average Bonchev–Trinajstić information content (AvgIpc) is 2.91. The Balaban J connectivity index is 1.63. The van der Waals surface area contributed by atoms with Crippen LogP contribution in [0.5, 0.6) is 5.75 Å². The van der Waals surface area contributed by atoms with Gasteiger partial charge in [0.25, 0.3) is 5.91 Å². The Hall–Kier alpha value is -2.61. The van der Waals surface area contributed by atoms with Gasteiger partial charge in [0.05, 0.1) is 18.8 Å². The SMILES string of the molecule is O=C1CCC(N2Cc3c(ccc4c3NCC(CO)O4)C2=O)C(=O)N1. The molecule has 3 amide bonds. The molecule has 8 heteroatoms. The summed E-state index contributed by atoms with van der Waals surface area (Å²) in [6.07, 6.45) is 0.246. The predicted molar refractivity (Wildman–Crippen MR) is 82.5 cm³/mol. The monoisotopic (exact) mass is 331 g/mol. The van der Waals surface area contributed by atoms with Crippen LogP contribution in [0.25, 0.3) is 0 Å². The first-order valence-electron chi connectivity index (χ1n) is 7.90. The molecule has 2 atom stereocenters. The zero-order chi connectivity index (χ0) is 16.8. The van der Waals surface area contributed by atoms with Gasteiger partial charge in [-0.3, -0.25) is 19.7 Å². The maximum atomic E-state index is 12.7. The van der Waals surface area contributed by atoms with Crippen molar-refractivity contribution in [2.75, 3.05) is 18.5 Å². The number of hydrogen-bond acceptors (Lipinski definition) is 6. The molecule has 3 aliphatic heterocycles. The number of nitrogens with zero attached hydrogens (tertiary/aromatic N) is 1. The molecule has 0 bridgehead atoms. The molecule has 1 aromatic carbocycles. The van der Waals surface area contributed by atoms with Gasteiger partial charge in [0.1, 0.15) is 17.9 Å². The van der Waals surface area contributed by atoms with Gasteiger partial charge in [-0.05, 0) is 18.6 Å². The number of carbonyl (C=O) groups is 3. The van der Waals surface area contributed by atoms with E-state index in [1.807, 2.05) is 0 Å². The highest BCUT2D eigenvalue weighted by Gasteiger charge is 2.41. The molecule has 4 rings (SSSR count). The van der Waals surface area contributed by atoms with Crippen molar-refractivity contribution < 1.29 is 24.2 Å². The lowest BCUT2D eigenvalue weighted by molar-refractivity contribution is -0.136. The zero-order valence-electron chi connectivity index (χ0n) is 12.9. The second-order valence-corrected chi connectivity index (χ2v) is 6.17. The van der Waals surface area contributed by atoms with E-state index in [1.165, 1.54) is 4.90 Å². The molecule has 126 valence electrons. The van der Waals surface area contributed by atoms with Gasteiger partial charge in [0.15, 0.2) is 0 Å². The largest absolute Gasteiger partial charge is 0.484 e. The molecule has 0 aliphatic carbocycles. The van der Waals surface area contributed by atoms with E-state index < -0.39 is 11.9 Å². The van der Waals surface area contributed by atoms with Crippen molar-refractivity contribution in [3.63, 3.8) is 0 Å². The van der Waals surface area contributed by atoms with Crippen LogP contribution >= 0.6 is 0 Å². The normalized spacial score (nSPS) is 25.5. The van der Waals surface area contributed by atoms with E-state index in [4.69, 9.17) is 4.74 Å². The van der Waals surface area contributed by atoms with Gasteiger partial charge >= 0.3 is 0 Å². The number of fused-ring (bicyclic) bond motifs is 3.